The Bertz CT molecular complexity index is 485. The van der Waals surface area contributed by atoms with Gasteiger partial charge in [-0.2, -0.15) is 0 Å². The van der Waals surface area contributed by atoms with Crippen LogP contribution >= 0.6 is 11.6 Å². The van der Waals surface area contributed by atoms with Crippen LogP contribution in [0.3, 0.4) is 0 Å². The van der Waals surface area contributed by atoms with Crippen molar-refractivity contribution in [1.29, 1.82) is 0 Å². The fourth-order valence-corrected chi connectivity index (χ4v) is 1.54. The summed E-state index contributed by atoms with van der Waals surface area (Å²) in [6.07, 6.45) is 0.595. The van der Waals surface area contributed by atoms with Gasteiger partial charge in [0.25, 0.3) is 0 Å². The van der Waals surface area contributed by atoms with Crippen molar-refractivity contribution in [2.24, 2.45) is 0 Å². The number of aromatic nitrogens is 1. The highest BCUT2D eigenvalue weighted by Crippen LogP contribution is 2.21. The van der Waals surface area contributed by atoms with Crippen LogP contribution in [-0.4, -0.2) is 27.8 Å². The molecule has 0 bridgehead atoms. The first kappa shape index (κ1) is 15.2. The van der Waals surface area contributed by atoms with E-state index in [1.54, 1.807) is 20.8 Å². The number of nitrogens with one attached hydrogen (secondary N) is 1. The van der Waals surface area contributed by atoms with Crippen LogP contribution in [0.15, 0.2) is 18.3 Å². The molecule has 0 fully saturated rings. The summed E-state index contributed by atoms with van der Waals surface area (Å²) in [4.78, 5) is 26.6. The lowest BCUT2D eigenvalue weighted by atomic mass is 10.1. The number of pyridine rings is 1. The molecular formula is C12H15ClN2O4. The van der Waals surface area contributed by atoms with Gasteiger partial charge in [-0.25, -0.2) is 14.6 Å². The van der Waals surface area contributed by atoms with E-state index in [4.69, 9.17) is 21.4 Å². The fraction of sp³-hybridized carbons (Fsp3) is 0.417. The van der Waals surface area contributed by atoms with E-state index >= 15 is 0 Å². The Kier molecular flexibility index (Phi) is 4.72. The zero-order chi connectivity index (χ0) is 14.6. The lowest BCUT2D eigenvalue weighted by molar-refractivity contribution is -0.139. The van der Waals surface area contributed by atoms with E-state index in [0.29, 0.717) is 0 Å². The topological polar surface area (TPSA) is 88.5 Å². The van der Waals surface area contributed by atoms with E-state index in [-0.39, 0.29) is 10.7 Å². The van der Waals surface area contributed by atoms with E-state index in [9.17, 15) is 9.59 Å². The molecule has 0 aromatic carbocycles. The van der Waals surface area contributed by atoms with Gasteiger partial charge < -0.3 is 15.2 Å². The molecule has 19 heavy (non-hydrogen) atoms. The number of alkyl carbamates (subject to hydrolysis) is 1. The molecule has 0 spiro atoms. The van der Waals surface area contributed by atoms with Crippen LogP contribution in [0.25, 0.3) is 0 Å². The standard InChI is InChI=1S/C12H15ClN2O4/c1-12(2,3)19-11(18)15-8(10(16)17)7-5-4-6-14-9(7)13/h4-6,8H,1-3H3,(H,15,18)(H,16,17)/t8-/m1/s1. The minimum atomic E-state index is -1.31. The van der Waals surface area contributed by atoms with Crippen molar-refractivity contribution in [2.45, 2.75) is 32.4 Å². The molecule has 0 aliphatic carbocycles. The van der Waals surface area contributed by atoms with Gasteiger partial charge in [0.05, 0.1) is 0 Å². The van der Waals surface area contributed by atoms with Gasteiger partial charge in [0.1, 0.15) is 10.8 Å². The zero-order valence-electron chi connectivity index (χ0n) is 10.8. The maximum atomic E-state index is 11.6. The summed E-state index contributed by atoms with van der Waals surface area (Å²) >= 11 is 5.81. The number of carboxylic acids is 1. The quantitative estimate of drug-likeness (QED) is 0.833. The van der Waals surface area contributed by atoms with E-state index < -0.39 is 23.7 Å². The van der Waals surface area contributed by atoms with E-state index in [1.807, 2.05) is 0 Å². The Balaban J connectivity index is 2.89. The van der Waals surface area contributed by atoms with Crippen LogP contribution in [0.5, 0.6) is 0 Å². The van der Waals surface area contributed by atoms with Crippen LogP contribution in [0.2, 0.25) is 5.15 Å². The number of hydrogen-bond acceptors (Lipinski definition) is 4. The van der Waals surface area contributed by atoms with Gasteiger partial charge >= 0.3 is 12.1 Å². The van der Waals surface area contributed by atoms with Gasteiger partial charge in [-0.1, -0.05) is 17.7 Å². The van der Waals surface area contributed by atoms with Crippen molar-refractivity contribution in [2.75, 3.05) is 0 Å². The molecule has 1 aromatic rings. The Labute approximate surface area is 115 Å². The Morgan fingerprint density at radius 2 is 2.11 bits per heavy atom. The molecule has 104 valence electrons. The van der Waals surface area contributed by atoms with Gasteiger partial charge in [0.15, 0.2) is 6.04 Å². The number of rotatable bonds is 3. The van der Waals surface area contributed by atoms with Crippen LogP contribution in [0.1, 0.15) is 32.4 Å². The Morgan fingerprint density at radius 3 is 2.58 bits per heavy atom. The van der Waals surface area contributed by atoms with Crippen LogP contribution in [0, 0.1) is 0 Å². The third kappa shape index (κ3) is 4.75. The van der Waals surface area contributed by atoms with Crippen molar-refractivity contribution in [3.8, 4) is 0 Å². The lowest BCUT2D eigenvalue weighted by Gasteiger charge is -2.22. The molecule has 0 radical (unpaired) electrons. The highest BCUT2D eigenvalue weighted by Gasteiger charge is 2.27. The second kappa shape index (κ2) is 5.88. The predicted octanol–water partition coefficient (Wildman–Crippen LogP) is 2.39. The molecule has 0 unspecified atom stereocenters. The number of nitrogens with zero attached hydrogens (tertiary/aromatic N) is 1. The summed E-state index contributed by atoms with van der Waals surface area (Å²) in [5.74, 6) is -1.25. The summed E-state index contributed by atoms with van der Waals surface area (Å²) in [6.45, 7) is 5.04. The van der Waals surface area contributed by atoms with Gasteiger partial charge in [-0.15, -0.1) is 0 Å². The first-order chi connectivity index (χ1) is 8.70. The Morgan fingerprint density at radius 1 is 1.47 bits per heavy atom. The Hall–Kier alpha value is -1.82. The van der Waals surface area contributed by atoms with Gasteiger partial charge in [-0.05, 0) is 26.8 Å². The molecule has 1 atom stereocenters. The van der Waals surface area contributed by atoms with Crippen molar-refractivity contribution < 1.29 is 19.4 Å². The minimum Gasteiger partial charge on any atom is -0.479 e. The first-order valence-corrected chi connectivity index (χ1v) is 5.91. The second-order valence-corrected chi connectivity index (χ2v) is 5.16. The molecular weight excluding hydrogens is 272 g/mol. The number of hydrogen-bond donors (Lipinski definition) is 2. The van der Waals surface area contributed by atoms with Crippen LogP contribution in [0.4, 0.5) is 4.79 Å². The summed E-state index contributed by atoms with van der Waals surface area (Å²) in [5.41, 5.74) is -0.520. The third-order valence-electron chi connectivity index (χ3n) is 2.01. The number of carbonyl (C=O) groups excluding carboxylic acids is 1. The van der Waals surface area contributed by atoms with Gasteiger partial charge in [-0.3, -0.25) is 0 Å². The highest BCUT2D eigenvalue weighted by atomic mass is 35.5. The third-order valence-corrected chi connectivity index (χ3v) is 2.32. The average Bonchev–Trinajstić information content (AvgIpc) is 2.24. The predicted molar refractivity (Wildman–Crippen MR) is 69.0 cm³/mol. The SMILES string of the molecule is CC(C)(C)OC(=O)N[C@@H](C(=O)O)c1cccnc1Cl. The summed E-state index contributed by atoms with van der Waals surface area (Å²) < 4.78 is 5.00. The van der Waals surface area contributed by atoms with Crippen molar-refractivity contribution in [3.05, 3.63) is 29.0 Å². The molecule has 7 heteroatoms. The number of amides is 1. The molecule has 2 N–H and O–H groups in total. The maximum Gasteiger partial charge on any atom is 0.408 e. The van der Waals surface area contributed by atoms with Crippen LogP contribution in [-0.2, 0) is 9.53 Å². The smallest absolute Gasteiger partial charge is 0.408 e. The number of carbonyl (C=O) groups is 2. The minimum absolute atomic E-state index is 0.0194. The summed E-state index contributed by atoms with van der Waals surface area (Å²) in [7, 11) is 0. The van der Waals surface area contributed by atoms with Crippen molar-refractivity contribution in [1.82, 2.24) is 10.3 Å². The molecule has 1 aromatic heterocycles. The van der Waals surface area contributed by atoms with E-state index in [0.717, 1.165) is 0 Å². The highest BCUT2D eigenvalue weighted by molar-refractivity contribution is 6.30. The average molecular weight is 287 g/mol. The second-order valence-electron chi connectivity index (χ2n) is 4.80. The lowest BCUT2D eigenvalue weighted by Crippen LogP contribution is -2.38. The van der Waals surface area contributed by atoms with Gasteiger partial charge in [0.2, 0.25) is 0 Å². The molecule has 0 aliphatic heterocycles. The molecule has 0 saturated carbocycles. The molecule has 0 aliphatic rings. The molecule has 0 saturated heterocycles. The number of halogens is 1. The van der Waals surface area contributed by atoms with Crippen molar-refractivity contribution >= 4 is 23.7 Å². The van der Waals surface area contributed by atoms with Crippen molar-refractivity contribution in [3.63, 3.8) is 0 Å². The number of aliphatic carboxylic acids is 1. The molecule has 1 rings (SSSR count). The summed E-state index contributed by atoms with van der Waals surface area (Å²) in [6, 6.07) is 1.70. The molecule has 6 nitrogen and oxygen atoms in total. The number of ether oxygens (including phenoxy) is 1. The zero-order valence-corrected chi connectivity index (χ0v) is 11.6. The molecule has 1 amide bonds. The van der Waals surface area contributed by atoms with Gasteiger partial charge in [0, 0.05) is 11.8 Å². The largest absolute Gasteiger partial charge is 0.479 e. The van der Waals surface area contributed by atoms with E-state index in [2.05, 4.69) is 10.3 Å². The monoisotopic (exact) mass is 286 g/mol. The van der Waals surface area contributed by atoms with Crippen LogP contribution < -0.4 is 5.32 Å². The maximum absolute atomic E-state index is 11.6. The van der Waals surface area contributed by atoms with E-state index in [1.165, 1.54) is 18.3 Å². The normalized spacial score (nSPS) is 12.6. The molecule has 1 heterocycles. The summed E-state index contributed by atoms with van der Waals surface area (Å²) in [5, 5.41) is 11.4. The number of carboxylic acid groups (broad SMARTS) is 1. The fourth-order valence-electron chi connectivity index (χ4n) is 1.31. The first-order valence-electron chi connectivity index (χ1n) is 5.53.